The maximum atomic E-state index is 12.4. The van der Waals surface area contributed by atoms with E-state index in [1.165, 1.54) is 0 Å². The lowest BCUT2D eigenvalue weighted by Crippen LogP contribution is -2.36. The molecule has 2 N–H and O–H groups in total. The summed E-state index contributed by atoms with van der Waals surface area (Å²) in [5.74, 6) is -2.04. The standard InChI is InChI=1S/C15H18BrNO3/c1-9-12(16)7-4-8-13(9)17-14(18)10-5-2-3-6-11(10)15(19)20/h4,7-8,10-11H,2-3,5-6H2,1H3,(H,17,18)(H,19,20). The van der Waals surface area contributed by atoms with Crippen LogP contribution < -0.4 is 5.32 Å². The van der Waals surface area contributed by atoms with Gasteiger partial charge in [0, 0.05) is 10.2 Å². The minimum absolute atomic E-state index is 0.182. The van der Waals surface area contributed by atoms with Crippen LogP contribution in [0.25, 0.3) is 0 Å². The van der Waals surface area contributed by atoms with Crippen LogP contribution in [0.4, 0.5) is 5.69 Å². The quantitative estimate of drug-likeness (QED) is 0.884. The number of anilines is 1. The van der Waals surface area contributed by atoms with Crippen LogP contribution in [0.15, 0.2) is 22.7 Å². The van der Waals surface area contributed by atoms with Gasteiger partial charge in [0.1, 0.15) is 0 Å². The fraction of sp³-hybridized carbons (Fsp3) is 0.467. The first-order valence-corrected chi connectivity index (χ1v) is 7.59. The number of rotatable bonds is 3. The lowest BCUT2D eigenvalue weighted by molar-refractivity contribution is -0.147. The van der Waals surface area contributed by atoms with Crippen LogP contribution in [-0.4, -0.2) is 17.0 Å². The van der Waals surface area contributed by atoms with Crippen molar-refractivity contribution in [1.82, 2.24) is 0 Å². The van der Waals surface area contributed by atoms with Crippen molar-refractivity contribution in [3.05, 3.63) is 28.2 Å². The summed E-state index contributed by atoms with van der Waals surface area (Å²) in [6.45, 7) is 1.91. The van der Waals surface area contributed by atoms with E-state index in [4.69, 9.17) is 0 Å². The molecule has 0 heterocycles. The Labute approximate surface area is 126 Å². The minimum Gasteiger partial charge on any atom is -0.481 e. The summed E-state index contributed by atoms with van der Waals surface area (Å²) in [6.07, 6.45) is 3.04. The van der Waals surface area contributed by atoms with Gasteiger partial charge in [0.25, 0.3) is 0 Å². The van der Waals surface area contributed by atoms with Crippen molar-refractivity contribution in [2.75, 3.05) is 5.32 Å². The second-order valence-corrected chi connectivity index (χ2v) is 6.09. The zero-order chi connectivity index (χ0) is 14.7. The molecule has 2 unspecified atom stereocenters. The number of carboxylic acid groups (broad SMARTS) is 1. The largest absolute Gasteiger partial charge is 0.481 e. The molecule has 1 aliphatic rings. The van der Waals surface area contributed by atoms with E-state index in [0.29, 0.717) is 12.8 Å². The molecule has 20 heavy (non-hydrogen) atoms. The molecule has 1 fully saturated rings. The Bertz CT molecular complexity index is 530. The van der Waals surface area contributed by atoms with Gasteiger partial charge in [-0.3, -0.25) is 9.59 Å². The highest BCUT2D eigenvalue weighted by molar-refractivity contribution is 9.10. The van der Waals surface area contributed by atoms with Crippen LogP contribution in [0.5, 0.6) is 0 Å². The van der Waals surface area contributed by atoms with Gasteiger partial charge in [-0.1, -0.05) is 34.8 Å². The number of carbonyl (C=O) groups is 2. The van der Waals surface area contributed by atoms with Crippen LogP contribution in [0.3, 0.4) is 0 Å². The Morgan fingerprint density at radius 2 is 1.90 bits per heavy atom. The Morgan fingerprint density at radius 3 is 2.55 bits per heavy atom. The summed E-state index contributed by atoms with van der Waals surface area (Å²) >= 11 is 3.42. The zero-order valence-corrected chi connectivity index (χ0v) is 12.9. The van der Waals surface area contributed by atoms with Crippen molar-refractivity contribution in [1.29, 1.82) is 0 Å². The molecule has 1 aliphatic carbocycles. The van der Waals surface area contributed by atoms with Gasteiger partial charge in [0.15, 0.2) is 0 Å². The Kier molecular flexibility index (Phi) is 4.81. The maximum absolute atomic E-state index is 12.4. The van der Waals surface area contributed by atoms with Crippen LogP contribution in [0.1, 0.15) is 31.2 Å². The van der Waals surface area contributed by atoms with Gasteiger partial charge >= 0.3 is 5.97 Å². The third-order valence-corrected chi connectivity index (χ3v) is 4.80. The van der Waals surface area contributed by atoms with Crippen molar-refractivity contribution in [3.63, 3.8) is 0 Å². The van der Waals surface area contributed by atoms with Gasteiger partial charge in [-0.05, 0) is 37.5 Å². The van der Waals surface area contributed by atoms with E-state index < -0.39 is 17.8 Å². The Morgan fingerprint density at radius 1 is 1.25 bits per heavy atom. The first kappa shape index (κ1) is 15.0. The number of benzene rings is 1. The minimum atomic E-state index is -0.865. The molecule has 1 aromatic carbocycles. The number of halogens is 1. The molecular weight excluding hydrogens is 322 g/mol. The Hall–Kier alpha value is -1.36. The molecule has 0 saturated heterocycles. The van der Waals surface area contributed by atoms with Crippen molar-refractivity contribution in [3.8, 4) is 0 Å². The third kappa shape index (κ3) is 3.20. The predicted molar refractivity (Wildman–Crippen MR) is 80.6 cm³/mol. The molecule has 108 valence electrons. The highest BCUT2D eigenvalue weighted by atomic mass is 79.9. The van der Waals surface area contributed by atoms with Crippen molar-refractivity contribution in [2.45, 2.75) is 32.6 Å². The lowest BCUT2D eigenvalue weighted by atomic mass is 9.78. The van der Waals surface area contributed by atoms with Crippen molar-refractivity contribution >= 4 is 33.5 Å². The molecule has 1 saturated carbocycles. The van der Waals surface area contributed by atoms with E-state index in [9.17, 15) is 14.7 Å². The lowest BCUT2D eigenvalue weighted by Gasteiger charge is -2.27. The van der Waals surface area contributed by atoms with E-state index in [2.05, 4.69) is 21.2 Å². The summed E-state index contributed by atoms with van der Waals surface area (Å²) in [5, 5.41) is 12.1. The van der Waals surface area contributed by atoms with E-state index in [0.717, 1.165) is 28.6 Å². The molecule has 2 atom stereocenters. The van der Waals surface area contributed by atoms with Crippen LogP contribution in [0.2, 0.25) is 0 Å². The number of carboxylic acids is 1. The molecule has 0 bridgehead atoms. The highest BCUT2D eigenvalue weighted by Gasteiger charge is 2.35. The number of aliphatic carboxylic acids is 1. The van der Waals surface area contributed by atoms with Crippen LogP contribution in [-0.2, 0) is 9.59 Å². The van der Waals surface area contributed by atoms with E-state index in [-0.39, 0.29) is 5.91 Å². The average Bonchev–Trinajstić information content (AvgIpc) is 2.43. The number of nitrogens with one attached hydrogen (secondary N) is 1. The number of hydrogen-bond donors (Lipinski definition) is 2. The molecule has 0 aliphatic heterocycles. The topological polar surface area (TPSA) is 66.4 Å². The number of hydrogen-bond acceptors (Lipinski definition) is 2. The number of amides is 1. The van der Waals surface area contributed by atoms with E-state index in [1.54, 1.807) is 0 Å². The summed E-state index contributed by atoms with van der Waals surface area (Å²) in [7, 11) is 0. The molecule has 5 heteroatoms. The molecule has 0 aromatic heterocycles. The van der Waals surface area contributed by atoms with Gasteiger partial charge in [0.2, 0.25) is 5.91 Å². The van der Waals surface area contributed by atoms with Gasteiger partial charge in [-0.2, -0.15) is 0 Å². The third-order valence-electron chi connectivity index (χ3n) is 3.95. The zero-order valence-electron chi connectivity index (χ0n) is 11.4. The summed E-state index contributed by atoms with van der Waals surface area (Å²) in [5.41, 5.74) is 1.68. The van der Waals surface area contributed by atoms with Crippen molar-refractivity contribution < 1.29 is 14.7 Å². The molecule has 1 amide bonds. The first-order valence-electron chi connectivity index (χ1n) is 6.79. The van der Waals surface area contributed by atoms with Gasteiger partial charge in [0.05, 0.1) is 11.8 Å². The van der Waals surface area contributed by atoms with Crippen molar-refractivity contribution in [2.24, 2.45) is 11.8 Å². The average molecular weight is 340 g/mol. The fourth-order valence-corrected chi connectivity index (χ4v) is 3.07. The number of carbonyl (C=O) groups excluding carboxylic acids is 1. The van der Waals surface area contributed by atoms with Gasteiger partial charge < -0.3 is 10.4 Å². The molecule has 2 rings (SSSR count). The molecular formula is C15H18BrNO3. The maximum Gasteiger partial charge on any atom is 0.307 e. The molecule has 0 spiro atoms. The summed E-state index contributed by atoms with van der Waals surface area (Å²) < 4.78 is 0.925. The van der Waals surface area contributed by atoms with Crippen LogP contribution in [0, 0.1) is 18.8 Å². The highest BCUT2D eigenvalue weighted by Crippen LogP contribution is 2.32. The first-order chi connectivity index (χ1) is 9.50. The monoisotopic (exact) mass is 339 g/mol. The normalized spacial score (nSPS) is 22.3. The fourth-order valence-electron chi connectivity index (χ4n) is 2.71. The van der Waals surface area contributed by atoms with E-state index in [1.807, 2.05) is 25.1 Å². The second-order valence-electron chi connectivity index (χ2n) is 5.24. The van der Waals surface area contributed by atoms with Gasteiger partial charge in [-0.25, -0.2) is 0 Å². The van der Waals surface area contributed by atoms with E-state index >= 15 is 0 Å². The predicted octanol–water partition coefficient (Wildman–Crippen LogP) is 3.59. The summed E-state index contributed by atoms with van der Waals surface area (Å²) in [6, 6.07) is 5.59. The molecule has 0 radical (unpaired) electrons. The SMILES string of the molecule is Cc1c(Br)cccc1NC(=O)C1CCCCC1C(=O)O. The Balaban J connectivity index is 2.14. The smallest absolute Gasteiger partial charge is 0.307 e. The molecule has 4 nitrogen and oxygen atoms in total. The second kappa shape index (κ2) is 6.39. The summed E-state index contributed by atoms with van der Waals surface area (Å²) in [4.78, 5) is 23.6. The van der Waals surface area contributed by atoms with Crippen LogP contribution >= 0.6 is 15.9 Å². The molecule has 1 aromatic rings. The van der Waals surface area contributed by atoms with Gasteiger partial charge in [-0.15, -0.1) is 0 Å².